The third-order valence-corrected chi connectivity index (χ3v) is 4.12. The van der Waals surface area contributed by atoms with Crippen LogP contribution in [0.5, 0.6) is 0 Å². The molecule has 1 unspecified atom stereocenters. The van der Waals surface area contributed by atoms with Crippen molar-refractivity contribution < 1.29 is 17.9 Å². The fraction of sp³-hybridized carbons (Fsp3) is 0.556. The van der Waals surface area contributed by atoms with Gasteiger partial charge in [-0.25, -0.2) is 0 Å². The van der Waals surface area contributed by atoms with E-state index in [1.165, 1.54) is 0 Å². The SMILES string of the molecule is Cc1sc(Br)cc1C(Br)COCC(F)(F)F. The van der Waals surface area contributed by atoms with E-state index in [9.17, 15) is 13.2 Å². The van der Waals surface area contributed by atoms with Gasteiger partial charge in [0.25, 0.3) is 0 Å². The maximum atomic E-state index is 11.8. The maximum Gasteiger partial charge on any atom is 0.411 e. The normalized spacial score (nSPS) is 14.1. The van der Waals surface area contributed by atoms with Crippen LogP contribution in [0.3, 0.4) is 0 Å². The van der Waals surface area contributed by atoms with Crippen LogP contribution in [0, 0.1) is 6.92 Å². The molecule has 1 heterocycles. The summed E-state index contributed by atoms with van der Waals surface area (Å²) in [6.45, 7) is 0.714. The summed E-state index contributed by atoms with van der Waals surface area (Å²) < 4.78 is 41.1. The summed E-state index contributed by atoms with van der Waals surface area (Å²) in [5, 5.41) is 0. The molecule has 0 amide bonds. The molecular formula is C9H9Br2F3OS. The van der Waals surface area contributed by atoms with Crippen molar-refractivity contribution >= 4 is 43.2 Å². The second-order valence-corrected chi connectivity index (χ2v) is 6.90. The quantitative estimate of drug-likeness (QED) is 0.678. The molecule has 92 valence electrons. The first-order valence-corrected chi connectivity index (χ1v) is 6.86. The van der Waals surface area contributed by atoms with E-state index in [4.69, 9.17) is 0 Å². The van der Waals surface area contributed by atoms with Crippen molar-refractivity contribution in [3.63, 3.8) is 0 Å². The van der Waals surface area contributed by atoms with Crippen molar-refractivity contribution in [2.75, 3.05) is 13.2 Å². The molecule has 0 radical (unpaired) electrons. The van der Waals surface area contributed by atoms with E-state index in [0.29, 0.717) is 0 Å². The number of halogens is 5. The fourth-order valence-electron chi connectivity index (χ4n) is 1.14. The largest absolute Gasteiger partial charge is 0.411 e. The average Bonchev–Trinajstić information content (AvgIpc) is 2.43. The summed E-state index contributed by atoms with van der Waals surface area (Å²) in [7, 11) is 0. The summed E-state index contributed by atoms with van der Waals surface area (Å²) in [6.07, 6.45) is -4.27. The average molecular weight is 382 g/mol. The van der Waals surface area contributed by atoms with Gasteiger partial charge in [0.1, 0.15) is 6.61 Å². The van der Waals surface area contributed by atoms with Gasteiger partial charge in [-0.15, -0.1) is 11.3 Å². The van der Waals surface area contributed by atoms with Gasteiger partial charge in [0.2, 0.25) is 0 Å². The van der Waals surface area contributed by atoms with Crippen molar-refractivity contribution in [2.45, 2.75) is 17.9 Å². The van der Waals surface area contributed by atoms with Crippen LogP contribution >= 0.6 is 43.2 Å². The molecule has 0 aliphatic rings. The molecule has 1 nitrogen and oxygen atoms in total. The number of thiophene rings is 1. The molecule has 1 aromatic heterocycles. The van der Waals surface area contributed by atoms with Crippen LogP contribution in [0.4, 0.5) is 13.2 Å². The fourth-order valence-corrected chi connectivity index (χ4v) is 3.72. The molecule has 0 aromatic carbocycles. The van der Waals surface area contributed by atoms with Gasteiger partial charge in [0.05, 0.1) is 15.2 Å². The minimum atomic E-state index is -4.27. The molecule has 1 atom stereocenters. The lowest BCUT2D eigenvalue weighted by molar-refractivity contribution is -0.173. The second-order valence-electron chi connectivity index (χ2n) is 3.16. The Labute approximate surface area is 112 Å². The molecule has 0 aliphatic carbocycles. The minimum Gasteiger partial charge on any atom is -0.371 e. The van der Waals surface area contributed by atoms with E-state index in [2.05, 4.69) is 36.6 Å². The van der Waals surface area contributed by atoms with Crippen LogP contribution in [0.25, 0.3) is 0 Å². The zero-order valence-electron chi connectivity index (χ0n) is 8.28. The van der Waals surface area contributed by atoms with Crippen LogP contribution in [0.1, 0.15) is 15.3 Å². The Hall–Kier alpha value is 0.410. The van der Waals surface area contributed by atoms with Gasteiger partial charge in [-0.1, -0.05) is 15.9 Å². The summed E-state index contributed by atoms with van der Waals surface area (Å²) in [6, 6.07) is 1.89. The predicted molar refractivity (Wildman–Crippen MR) is 65.3 cm³/mol. The van der Waals surface area contributed by atoms with E-state index in [0.717, 1.165) is 14.2 Å². The topological polar surface area (TPSA) is 9.23 Å². The Kier molecular flexibility index (Phi) is 5.28. The molecule has 1 aromatic rings. The zero-order valence-corrected chi connectivity index (χ0v) is 12.3. The highest BCUT2D eigenvalue weighted by Crippen LogP contribution is 2.34. The van der Waals surface area contributed by atoms with Crippen LogP contribution < -0.4 is 0 Å². The van der Waals surface area contributed by atoms with Crippen LogP contribution in [0.15, 0.2) is 9.85 Å². The Morgan fingerprint density at radius 1 is 1.50 bits per heavy atom. The molecule has 0 saturated carbocycles. The maximum absolute atomic E-state index is 11.8. The standard InChI is InChI=1S/C9H9Br2F3OS/c1-5-6(2-8(11)16-5)7(10)3-15-4-9(12,13)14/h2,7H,3-4H2,1H3. The molecule has 1 rings (SSSR count). The van der Waals surface area contributed by atoms with E-state index in [1.807, 2.05) is 13.0 Å². The Balaban J connectivity index is 2.47. The van der Waals surface area contributed by atoms with Gasteiger partial charge in [0, 0.05) is 4.88 Å². The molecule has 16 heavy (non-hydrogen) atoms. The lowest BCUT2D eigenvalue weighted by Gasteiger charge is -2.11. The van der Waals surface area contributed by atoms with Crippen LogP contribution in [-0.4, -0.2) is 19.4 Å². The summed E-state index contributed by atoms with van der Waals surface area (Å²) in [4.78, 5) is 0.849. The molecule has 0 N–H and O–H groups in total. The highest BCUT2D eigenvalue weighted by Gasteiger charge is 2.28. The van der Waals surface area contributed by atoms with Crippen molar-refractivity contribution in [1.82, 2.24) is 0 Å². The lowest BCUT2D eigenvalue weighted by atomic mass is 10.2. The lowest BCUT2D eigenvalue weighted by Crippen LogP contribution is -2.18. The van der Waals surface area contributed by atoms with Crippen LogP contribution in [-0.2, 0) is 4.74 Å². The van der Waals surface area contributed by atoms with Gasteiger partial charge < -0.3 is 4.74 Å². The molecule has 0 bridgehead atoms. The van der Waals surface area contributed by atoms with E-state index >= 15 is 0 Å². The molecular weight excluding hydrogens is 373 g/mol. The van der Waals surface area contributed by atoms with Gasteiger partial charge in [-0.05, 0) is 34.5 Å². The van der Waals surface area contributed by atoms with E-state index in [1.54, 1.807) is 11.3 Å². The molecule has 0 fully saturated rings. The van der Waals surface area contributed by atoms with Gasteiger partial charge in [0.15, 0.2) is 0 Å². The third kappa shape index (κ3) is 4.73. The van der Waals surface area contributed by atoms with Gasteiger partial charge >= 0.3 is 6.18 Å². The van der Waals surface area contributed by atoms with E-state index < -0.39 is 12.8 Å². The summed E-state index contributed by atoms with van der Waals surface area (Å²) in [5.74, 6) is 0. The number of hydrogen-bond donors (Lipinski definition) is 0. The minimum absolute atomic E-state index is 0.00350. The van der Waals surface area contributed by atoms with E-state index in [-0.39, 0.29) is 11.4 Å². The first-order valence-electron chi connectivity index (χ1n) is 4.34. The first-order chi connectivity index (χ1) is 7.29. The number of aryl methyl sites for hydroxylation is 1. The summed E-state index contributed by atoms with van der Waals surface area (Å²) in [5.41, 5.74) is 0.957. The van der Waals surface area contributed by atoms with Gasteiger partial charge in [-0.2, -0.15) is 13.2 Å². The van der Waals surface area contributed by atoms with Crippen molar-refractivity contribution in [2.24, 2.45) is 0 Å². The molecule has 0 spiro atoms. The highest BCUT2D eigenvalue weighted by atomic mass is 79.9. The summed E-state index contributed by atoms with van der Waals surface area (Å²) >= 11 is 8.18. The zero-order chi connectivity index (χ0) is 12.3. The Morgan fingerprint density at radius 3 is 2.56 bits per heavy atom. The number of hydrogen-bond acceptors (Lipinski definition) is 2. The van der Waals surface area contributed by atoms with Crippen molar-refractivity contribution in [3.8, 4) is 0 Å². The van der Waals surface area contributed by atoms with Crippen molar-refractivity contribution in [1.29, 1.82) is 0 Å². The Bertz CT molecular complexity index is 351. The van der Waals surface area contributed by atoms with Crippen LogP contribution in [0.2, 0.25) is 0 Å². The Morgan fingerprint density at radius 2 is 2.12 bits per heavy atom. The predicted octanol–water partition coefficient (Wildman–Crippen LogP) is 4.83. The molecule has 7 heteroatoms. The third-order valence-electron chi connectivity index (χ3n) is 1.79. The molecule has 0 aliphatic heterocycles. The highest BCUT2D eigenvalue weighted by molar-refractivity contribution is 9.11. The molecule has 0 saturated heterocycles. The number of alkyl halides is 4. The van der Waals surface area contributed by atoms with Gasteiger partial charge in [-0.3, -0.25) is 0 Å². The monoisotopic (exact) mass is 380 g/mol. The second kappa shape index (κ2) is 5.84. The smallest absolute Gasteiger partial charge is 0.371 e. The number of ether oxygens (including phenoxy) is 1. The van der Waals surface area contributed by atoms with Crippen molar-refractivity contribution in [3.05, 3.63) is 20.3 Å². The number of rotatable bonds is 4. The first kappa shape index (κ1) is 14.5.